The van der Waals surface area contributed by atoms with Crippen molar-refractivity contribution in [1.82, 2.24) is 14.7 Å². The normalized spacial score (nSPS) is 11.9. The molecule has 0 saturated carbocycles. The molecule has 0 aliphatic rings. The fourth-order valence-electron chi connectivity index (χ4n) is 3.20. The number of hydrogen-bond donors (Lipinski definition) is 3. The Morgan fingerprint density at radius 2 is 1.75 bits per heavy atom. The first-order valence-electron chi connectivity index (χ1n) is 9.75. The highest BCUT2D eigenvalue weighted by Gasteiger charge is 2.13. The summed E-state index contributed by atoms with van der Waals surface area (Å²) in [6.07, 6.45) is 4.72. The SMILES string of the molecule is O=c1[nH]c(O)c(C=NCc2ccc(S(=O)(=O)NCc3cccnc3)cc2)c2ccccc12. The first-order valence-corrected chi connectivity index (χ1v) is 11.2. The predicted molar refractivity (Wildman–Crippen MR) is 122 cm³/mol. The molecule has 2 aromatic heterocycles. The maximum atomic E-state index is 12.5. The zero-order chi connectivity index (χ0) is 22.6. The molecule has 0 bridgehead atoms. The summed E-state index contributed by atoms with van der Waals surface area (Å²) in [4.78, 5) is 22.8. The highest BCUT2D eigenvalue weighted by atomic mass is 32.2. The van der Waals surface area contributed by atoms with Crippen LogP contribution in [0.4, 0.5) is 0 Å². The average Bonchev–Trinajstić information content (AvgIpc) is 2.81. The molecule has 0 amide bonds. The molecule has 8 nitrogen and oxygen atoms in total. The van der Waals surface area contributed by atoms with Crippen molar-refractivity contribution in [3.63, 3.8) is 0 Å². The number of rotatable bonds is 7. The predicted octanol–water partition coefficient (Wildman–Crippen LogP) is 2.73. The van der Waals surface area contributed by atoms with Crippen molar-refractivity contribution < 1.29 is 13.5 Å². The standard InChI is InChI=1S/C23H20N4O4S/c28-22-20-6-2-1-5-19(20)21(23(29)27-22)15-25-12-16-7-9-18(10-8-16)32(30,31)26-14-17-4-3-11-24-13-17/h1-11,13,15,26H,12,14H2,(H2,27,28,29). The van der Waals surface area contributed by atoms with Crippen LogP contribution in [-0.2, 0) is 23.1 Å². The Balaban J connectivity index is 1.46. The fraction of sp³-hybridized carbons (Fsp3) is 0.0870. The molecule has 3 N–H and O–H groups in total. The summed E-state index contributed by atoms with van der Waals surface area (Å²) in [6.45, 7) is 0.426. The van der Waals surface area contributed by atoms with Crippen molar-refractivity contribution in [1.29, 1.82) is 0 Å². The molecule has 9 heteroatoms. The van der Waals surface area contributed by atoms with Gasteiger partial charge in [-0.1, -0.05) is 36.4 Å². The van der Waals surface area contributed by atoms with Crippen LogP contribution in [0.3, 0.4) is 0 Å². The molecule has 4 rings (SSSR count). The first-order chi connectivity index (χ1) is 15.4. The van der Waals surface area contributed by atoms with Gasteiger partial charge in [-0.05, 0) is 35.4 Å². The number of benzene rings is 2. The second-order valence-electron chi connectivity index (χ2n) is 7.06. The zero-order valence-electron chi connectivity index (χ0n) is 16.9. The quantitative estimate of drug-likeness (QED) is 0.375. The molecule has 0 aliphatic carbocycles. The van der Waals surface area contributed by atoms with E-state index in [0.717, 1.165) is 11.1 Å². The number of sulfonamides is 1. The van der Waals surface area contributed by atoms with E-state index in [1.165, 1.54) is 18.3 Å². The maximum Gasteiger partial charge on any atom is 0.258 e. The van der Waals surface area contributed by atoms with E-state index in [2.05, 4.69) is 19.7 Å². The molecule has 0 atom stereocenters. The van der Waals surface area contributed by atoms with Crippen LogP contribution in [0, 0.1) is 0 Å². The summed E-state index contributed by atoms with van der Waals surface area (Å²) in [5.41, 5.74) is 1.60. The summed E-state index contributed by atoms with van der Waals surface area (Å²) < 4.78 is 27.5. The molecule has 32 heavy (non-hydrogen) atoms. The van der Waals surface area contributed by atoms with Gasteiger partial charge in [0.05, 0.1) is 17.0 Å². The summed E-state index contributed by atoms with van der Waals surface area (Å²) in [6, 6.07) is 16.9. The van der Waals surface area contributed by atoms with Crippen LogP contribution >= 0.6 is 0 Å². The number of aromatic amines is 1. The minimum atomic E-state index is -3.66. The summed E-state index contributed by atoms with van der Waals surface area (Å²) >= 11 is 0. The monoisotopic (exact) mass is 448 g/mol. The van der Waals surface area contributed by atoms with Crippen LogP contribution in [0.2, 0.25) is 0 Å². The third-order valence-electron chi connectivity index (χ3n) is 4.87. The van der Waals surface area contributed by atoms with E-state index < -0.39 is 10.0 Å². The van der Waals surface area contributed by atoms with Gasteiger partial charge in [-0.2, -0.15) is 0 Å². The molecular formula is C23H20N4O4S. The summed E-state index contributed by atoms with van der Waals surface area (Å²) in [5.74, 6) is -0.251. The van der Waals surface area contributed by atoms with Crippen LogP contribution in [0.15, 0.2) is 87.7 Å². The van der Waals surface area contributed by atoms with Gasteiger partial charge in [0.1, 0.15) is 0 Å². The Hall–Kier alpha value is -3.82. The molecule has 0 saturated heterocycles. The number of H-pyrrole nitrogens is 1. The minimum Gasteiger partial charge on any atom is -0.494 e. The number of fused-ring (bicyclic) bond motifs is 1. The van der Waals surface area contributed by atoms with Gasteiger partial charge in [-0.3, -0.25) is 19.8 Å². The van der Waals surface area contributed by atoms with E-state index in [1.54, 1.807) is 60.9 Å². The van der Waals surface area contributed by atoms with Gasteiger partial charge in [0.25, 0.3) is 5.56 Å². The van der Waals surface area contributed by atoms with Gasteiger partial charge in [-0.25, -0.2) is 13.1 Å². The lowest BCUT2D eigenvalue weighted by atomic mass is 10.1. The lowest BCUT2D eigenvalue weighted by molar-refractivity contribution is 0.452. The lowest BCUT2D eigenvalue weighted by Gasteiger charge is -2.07. The van der Waals surface area contributed by atoms with Crippen molar-refractivity contribution in [3.05, 3.63) is 100 Å². The number of hydrogen-bond acceptors (Lipinski definition) is 6. The second-order valence-corrected chi connectivity index (χ2v) is 8.83. The van der Waals surface area contributed by atoms with Crippen LogP contribution in [0.5, 0.6) is 5.88 Å². The van der Waals surface area contributed by atoms with E-state index in [9.17, 15) is 18.3 Å². The number of aliphatic imine (C=N–C) groups is 1. The zero-order valence-corrected chi connectivity index (χ0v) is 17.7. The fourth-order valence-corrected chi connectivity index (χ4v) is 4.21. The van der Waals surface area contributed by atoms with Gasteiger partial charge in [0.15, 0.2) is 0 Å². The Labute approximate surface area is 184 Å². The van der Waals surface area contributed by atoms with Gasteiger partial charge >= 0.3 is 0 Å². The number of pyridine rings is 2. The molecule has 2 aromatic carbocycles. The Morgan fingerprint density at radius 1 is 1.00 bits per heavy atom. The first kappa shape index (κ1) is 21.4. The van der Waals surface area contributed by atoms with Gasteiger partial charge in [-0.15, -0.1) is 0 Å². The summed E-state index contributed by atoms with van der Waals surface area (Å²) in [5, 5.41) is 11.2. The van der Waals surface area contributed by atoms with Crippen LogP contribution in [0.25, 0.3) is 10.8 Å². The third-order valence-corrected chi connectivity index (χ3v) is 6.28. The molecule has 0 aliphatic heterocycles. The summed E-state index contributed by atoms with van der Waals surface area (Å²) in [7, 11) is -3.66. The molecule has 0 unspecified atom stereocenters. The maximum absolute atomic E-state index is 12.5. The number of aromatic hydroxyl groups is 1. The molecule has 4 aromatic rings. The van der Waals surface area contributed by atoms with E-state index in [1.807, 2.05) is 0 Å². The highest BCUT2D eigenvalue weighted by molar-refractivity contribution is 7.89. The van der Waals surface area contributed by atoms with Gasteiger partial charge < -0.3 is 5.11 Å². The Bertz CT molecular complexity index is 1430. The van der Waals surface area contributed by atoms with Crippen LogP contribution in [0.1, 0.15) is 16.7 Å². The Kier molecular flexibility index (Phi) is 6.11. The smallest absolute Gasteiger partial charge is 0.258 e. The lowest BCUT2D eigenvalue weighted by Crippen LogP contribution is -2.23. The molecule has 0 fully saturated rings. The van der Waals surface area contributed by atoms with Crippen molar-refractivity contribution >= 4 is 27.0 Å². The van der Waals surface area contributed by atoms with Crippen LogP contribution < -0.4 is 10.3 Å². The molecular weight excluding hydrogens is 428 g/mol. The number of aromatic nitrogens is 2. The van der Waals surface area contributed by atoms with E-state index in [-0.39, 0.29) is 29.4 Å². The highest BCUT2D eigenvalue weighted by Crippen LogP contribution is 2.20. The molecule has 0 radical (unpaired) electrons. The van der Waals surface area contributed by atoms with E-state index >= 15 is 0 Å². The number of nitrogens with one attached hydrogen (secondary N) is 2. The van der Waals surface area contributed by atoms with Crippen molar-refractivity contribution in [2.24, 2.45) is 4.99 Å². The van der Waals surface area contributed by atoms with E-state index in [4.69, 9.17) is 0 Å². The van der Waals surface area contributed by atoms with Gasteiger partial charge in [0.2, 0.25) is 15.9 Å². The number of nitrogens with zero attached hydrogens (tertiary/aromatic N) is 2. The van der Waals surface area contributed by atoms with Crippen molar-refractivity contribution in [2.45, 2.75) is 18.0 Å². The largest absolute Gasteiger partial charge is 0.494 e. The van der Waals surface area contributed by atoms with E-state index in [0.29, 0.717) is 16.3 Å². The van der Waals surface area contributed by atoms with Crippen molar-refractivity contribution in [2.75, 3.05) is 0 Å². The minimum absolute atomic E-state index is 0.151. The second kappa shape index (κ2) is 9.13. The molecule has 162 valence electrons. The van der Waals surface area contributed by atoms with Crippen molar-refractivity contribution in [3.8, 4) is 5.88 Å². The van der Waals surface area contributed by atoms with Gasteiger partial charge in [0, 0.05) is 35.9 Å². The molecule has 0 spiro atoms. The average molecular weight is 449 g/mol. The molecule has 2 heterocycles. The van der Waals surface area contributed by atoms with Crippen LogP contribution in [-0.4, -0.2) is 29.7 Å². The topological polar surface area (TPSA) is 125 Å². The Morgan fingerprint density at radius 3 is 2.47 bits per heavy atom. The third kappa shape index (κ3) is 4.74.